The van der Waals surface area contributed by atoms with E-state index in [-0.39, 0.29) is 0 Å². The first-order chi connectivity index (χ1) is 7.06. The molecule has 0 heterocycles. The minimum Gasteiger partial charge on any atom is -0.397 e. The van der Waals surface area contributed by atoms with Crippen LogP contribution in [0.25, 0.3) is 0 Å². The third-order valence-electron chi connectivity index (χ3n) is 2.39. The summed E-state index contributed by atoms with van der Waals surface area (Å²) in [6, 6.07) is 6.75. The quantitative estimate of drug-likeness (QED) is 0.680. The number of nitrogen functional groups attached to an aromatic ring is 1. The highest BCUT2D eigenvalue weighted by Gasteiger charge is 2.12. The van der Waals surface area contributed by atoms with Crippen molar-refractivity contribution in [1.82, 2.24) is 0 Å². The lowest BCUT2D eigenvalue weighted by Gasteiger charge is -2.29. The average Bonchev–Trinajstić information content (AvgIpc) is 2.15. The van der Waals surface area contributed by atoms with E-state index in [1.165, 1.54) is 3.57 Å². The van der Waals surface area contributed by atoms with Crippen molar-refractivity contribution in [3.05, 3.63) is 21.8 Å². The van der Waals surface area contributed by atoms with Crippen molar-refractivity contribution in [3.8, 4) is 0 Å². The summed E-state index contributed by atoms with van der Waals surface area (Å²) in [5.74, 6) is 0. The van der Waals surface area contributed by atoms with E-state index >= 15 is 0 Å². The number of benzene rings is 1. The van der Waals surface area contributed by atoms with Crippen molar-refractivity contribution >= 4 is 34.0 Å². The summed E-state index contributed by atoms with van der Waals surface area (Å²) < 4.78 is 1.19. The fraction of sp³-hybridized carbons (Fsp3) is 0.500. The maximum Gasteiger partial charge on any atom is 0.0602 e. The van der Waals surface area contributed by atoms with Gasteiger partial charge in [0.2, 0.25) is 0 Å². The Morgan fingerprint density at radius 3 is 2.53 bits per heavy atom. The van der Waals surface area contributed by atoms with E-state index in [1.54, 1.807) is 0 Å². The molecule has 15 heavy (non-hydrogen) atoms. The van der Waals surface area contributed by atoms with Crippen LogP contribution in [-0.2, 0) is 0 Å². The smallest absolute Gasteiger partial charge is 0.0602 e. The second-order valence-corrected chi connectivity index (χ2v) is 5.24. The minimum atomic E-state index is 0.493. The van der Waals surface area contributed by atoms with Crippen LogP contribution in [0.2, 0.25) is 0 Å². The van der Waals surface area contributed by atoms with Crippen LogP contribution in [0.5, 0.6) is 0 Å². The van der Waals surface area contributed by atoms with Gasteiger partial charge < -0.3 is 10.6 Å². The summed E-state index contributed by atoms with van der Waals surface area (Å²) in [7, 11) is 0. The fourth-order valence-electron chi connectivity index (χ4n) is 1.68. The molecule has 0 aliphatic heterocycles. The summed E-state index contributed by atoms with van der Waals surface area (Å²) in [5, 5.41) is 0. The molecule has 0 radical (unpaired) electrons. The number of anilines is 2. The van der Waals surface area contributed by atoms with E-state index in [2.05, 4.69) is 60.4 Å². The molecule has 0 aliphatic carbocycles. The molecule has 0 saturated carbocycles. The molecular weight excluding hydrogens is 299 g/mol. The zero-order valence-electron chi connectivity index (χ0n) is 9.63. The van der Waals surface area contributed by atoms with Crippen LogP contribution in [0.1, 0.15) is 27.2 Å². The highest BCUT2D eigenvalue weighted by Crippen LogP contribution is 2.26. The second-order valence-electron chi connectivity index (χ2n) is 3.99. The lowest BCUT2D eigenvalue weighted by atomic mass is 10.2. The number of hydrogen-bond donors (Lipinski definition) is 1. The maximum atomic E-state index is 6.04. The van der Waals surface area contributed by atoms with Gasteiger partial charge in [0.1, 0.15) is 0 Å². The maximum absolute atomic E-state index is 6.04. The summed E-state index contributed by atoms with van der Waals surface area (Å²) in [6.07, 6.45) is 1.14. The molecular formula is C12H19IN2. The van der Waals surface area contributed by atoms with Crippen LogP contribution < -0.4 is 10.6 Å². The van der Waals surface area contributed by atoms with Crippen LogP contribution in [-0.4, -0.2) is 12.6 Å². The van der Waals surface area contributed by atoms with Crippen molar-refractivity contribution in [2.24, 2.45) is 0 Å². The summed E-state index contributed by atoms with van der Waals surface area (Å²) in [4.78, 5) is 2.35. The van der Waals surface area contributed by atoms with Gasteiger partial charge in [-0.05, 0) is 61.1 Å². The van der Waals surface area contributed by atoms with E-state index in [9.17, 15) is 0 Å². The van der Waals surface area contributed by atoms with Gasteiger partial charge >= 0.3 is 0 Å². The third kappa shape index (κ3) is 3.26. The monoisotopic (exact) mass is 318 g/mol. The Bertz CT molecular complexity index is 323. The standard InChI is InChI=1S/C12H19IN2/c1-4-7-15(9(2)3)12-6-5-10(13)8-11(12)14/h5-6,8-9H,4,7,14H2,1-3H3. The van der Waals surface area contributed by atoms with Crippen molar-refractivity contribution in [2.45, 2.75) is 33.2 Å². The highest BCUT2D eigenvalue weighted by molar-refractivity contribution is 14.1. The molecule has 84 valence electrons. The first-order valence-electron chi connectivity index (χ1n) is 5.38. The second kappa shape index (κ2) is 5.58. The van der Waals surface area contributed by atoms with Gasteiger partial charge in [0.25, 0.3) is 0 Å². The largest absolute Gasteiger partial charge is 0.397 e. The van der Waals surface area contributed by atoms with Gasteiger partial charge in [-0.15, -0.1) is 0 Å². The Labute approximate surface area is 106 Å². The molecule has 0 spiro atoms. The Morgan fingerprint density at radius 1 is 1.40 bits per heavy atom. The Morgan fingerprint density at radius 2 is 2.07 bits per heavy atom. The van der Waals surface area contributed by atoms with Gasteiger partial charge in [-0.1, -0.05) is 6.92 Å². The Hall–Kier alpha value is -0.450. The summed E-state index contributed by atoms with van der Waals surface area (Å²) in [6.45, 7) is 7.65. The normalized spacial score (nSPS) is 10.7. The van der Waals surface area contributed by atoms with Crippen LogP contribution >= 0.6 is 22.6 Å². The molecule has 2 nitrogen and oxygen atoms in total. The predicted molar refractivity (Wildman–Crippen MR) is 76.3 cm³/mol. The van der Waals surface area contributed by atoms with Gasteiger partial charge in [0.05, 0.1) is 11.4 Å². The molecule has 1 rings (SSSR count). The molecule has 0 amide bonds. The first-order valence-corrected chi connectivity index (χ1v) is 6.45. The van der Waals surface area contributed by atoms with Gasteiger partial charge in [-0.3, -0.25) is 0 Å². The van der Waals surface area contributed by atoms with Gasteiger partial charge in [-0.2, -0.15) is 0 Å². The van der Waals surface area contributed by atoms with Crippen LogP contribution in [0, 0.1) is 3.57 Å². The van der Waals surface area contributed by atoms with Gasteiger partial charge in [-0.25, -0.2) is 0 Å². The molecule has 0 saturated heterocycles. The Balaban J connectivity index is 3.00. The number of halogens is 1. The molecule has 0 atom stereocenters. The minimum absolute atomic E-state index is 0.493. The van der Waals surface area contributed by atoms with E-state index in [0.717, 1.165) is 24.3 Å². The molecule has 1 aromatic rings. The first kappa shape index (κ1) is 12.6. The third-order valence-corrected chi connectivity index (χ3v) is 3.06. The fourth-order valence-corrected chi connectivity index (χ4v) is 2.20. The van der Waals surface area contributed by atoms with Gasteiger partial charge in [0, 0.05) is 16.2 Å². The number of nitrogens with zero attached hydrogens (tertiary/aromatic N) is 1. The topological polar surface area (TPSA) is 29.3 Å². The number of nitrogens with two attached hydrogens (primary N) is 1. The number of rotatable bonds is 4. The number of hydrogen-bond acceptors (Lipinski definition) is 2. The van der Waals surface area contributed by atoms with E-state index in [0.29, 0.717) is 6.04 Å². The van der Waals surface area contributed by atoms with Crippen molar-refractivity contribution < 1.29 is 0 Å². The molecule has 1 aromatic carbocycles. The zero-order chi connectivity index (χ0) is 11.4. The summed E-state index contributed by atoms with van der Waals surface area (Å²) >= 11 is 2.29. The van der Waals surface area contributed by atoms with E-state index in [4.69, 9.17) is 5.73 Å². The highest BCUT2D eigenvalue weighted by atomic mass is 127. The SMILES string of the molecule is CCCN(c1ccc(I)cc1N)C(C)C. The van der Waals surface area contributed by atoms with Crippen LogP contribution in [0.3, 0.4) is 0 Å². The molecule has 2 N–H and O–H groups in total. The van der Waals surface area contributed by atoms with Crippen molar-refractivity contribution in [3.63, 3.8) is 0 Å². The molecule has 0 aromatic heterocycles. The van der Waals surface area contributed by atoms with Crippen LogP contribution in [0.15, 0.2) is 18.2 Å². The molecule has 0 unspecified atom stereocenters. The van der Waals surface area contributed by atoms with Gasteiger partial charge in [0.15, 0.2) is 0 Å². The molecule has 0 fully saturated rings. The zero-order valence-corrected chi connectivity index (χ0v) is 11.8. The molecule has 0 aliphatic rings. The predicted octanol–water partition coefficient (Wildman–Crippen LogP) is 3.50. The van der Waals surface area contributed by atoms with Crippen LogP contribution in [0.4, 0.5) is 11.4 Å². The van der Waals surface area contributed by atoms with E-state index < -0.39 is 0 Å². The lowest BCUT2D eigenvalue weighted by molar-refractivity contribution is 0.672. The van der Waals surface area contributed by atoms with E-state index in [1.807, 2.05) is 6.07 Å². The van der Waals surface area contributed by atoms with Crippen molar-refractivity contribution in [2.75, 3.05) is 17.2 Å². The Kier molecular flexibility index (Phi) is 4.70. The molecule has 0 bridgehead atoms. The lowest BCUT2D eigenvalue weighted by Crippen LogP contribution is -2.32. The molecule has 3 heteroatoms. The van der Waals surface area contributed by atoms with Crippen molar-refractivity contribution in [1.29, 1.82) is 0 Å². The summed E-state index contributed by atoms with van der Waals surface area (Å²) in [5.41, 5.74) is 8.08. The average molecular weight is 318 g/mol.